The highest BCUT2D eigenvalue weighted by Crippen LogP contribution is 2.24. The van der Waals surface area contributed by atoms with Gasteiger partial charge in [0.25, 0.3) is 0 Å². The summed E-state index contributed by atoms with van der Waals surface area (Å²) in [6.07, 6.45) is 2.39. The summed E-state index contributed by atoms with van der Waals surface area (Å²) in [5.41, 5.74) is 5.76. The van der Waals surface area contributed by atoms with Crippen molar-refractivity contribution in [1.29, 1.82) is 0 Å². The van der Waals surface area contributed by atoms with Gasteiger partial charge in [0.05, 0.1) is 6.54 Å². The Morgan fingerprint density at radius 3 is 2.81 bits per heavy atom. The van der Waals surface area contributed by atoms with Gasteiger partial charge in [-0.3, -0.25) is 0 Å². The smallest absolute Gasteiger partial charge is 0.188 e. The van der Waals surface area contributed by atoms with Gasteiger partial charge in [-0.1, -0.05) is 28.1 Å². The summed E-state index contributed by atoms with van der Waals surface area (Å²) in [6.45, 7) is 1.08. The molecule has 1 aliphatic rings. The van der Waals surface area contributed by atoms with Gasteiger partial charge in [0.1, 0.15) is 12.4 Å². The Morgan fingerprint density at radius 1 is 1.24 bits per heavy atom. The average Bonchev–Trinajstić information content (AvgIpc) is 3.27. The molecule has 0 atom stereocenters. The molecule has 110 valence electrons. The first-order valence-corrected chi connectivity index (χ1v) is 7.88. The normalized spacial score (nSPS) is 15.2. The van der Waals surface area contributed by atoms with Crippen molar-refractivity contribution in [2.45, 2.75) is 18.9 Å². The zero-order valence-electron chi connectivity index (χ0n) is 11.7. The molecule has 21 heavy (non-hydrogen) atoms. The summed E-state index contributed by atoms with van der Waals surface area (Å²) in [6, 6.07) is 12.8. The van der Waals surface area contributed by atoms with Crippen molar-refractivity contribution in [2.75, 3.05) is 13.2 Å². The molecule has 0 bridgehead atoms. The van der Waals surface area contributed by atoms with E-state index in [1.807, 2.05) is 18.2 Å². The third-order valence-corrected chi connectivity index (χ3v) is 3.84. The maximum absolute atomic E-state index is 5.76. The van der Waals surface area contributed by atoms with Gasteiger partial charge in [-0.2, -0.15) is 0 Å². The van der Waals surface area contributed by atoms with Crippen LogP contribution in [0, 0.1) is 0 Å². The maximum atomic E-state index is 5.76. The van der Waals surface area contributed by atoms with E-state index in [0.29, 0.717) is 25.2 Å². The van der Waals surface area contributed by atoms with Crippen LogP contribution < -0.4 is 15.8 Å². The zero-order valence-corrected chi connectivity index (χ0v) is 13.3. The van der Waals surface area contributed by atoms with E-state index >= 15 is 0 Å². The molecule has 0 aliphatic heterocycles. The van der Waals surface area contributed by atoms with Crippen molar-refractivity contribution < 1.29 is 4.74 Å². The molecule has 3 N–H and O–H groups in total. The number of nitrogens with two attached hydrogens (primary N) is 1. The fourth-order valence-electron chi connectivity index (χ4n) is 2.10. The average molecular weight is 348 g/mol. The topological polar surface area (TPSA) is 59.6 Å². The van der Waals surface area contributed by atoms with E-state index in [1.54, 1.807) is 0 Å². The van der Waals surface area contributed by atoms with Crippen molar-refractivity contribution in [3.05, 3.63) is 40.9 Å². The first-order valence-electron chi connectivity index (χ1n) is 7.09. The number of nitrogens with one attached hydrogen (secondary N) is 1. The Morgan fingerprint density at radius 2 is 2.00 bits per heavy atom. The lowest BCUT2D eigenvalue weighted by Gasteiger charge is -2.07. The number of hydrogen-bond donors (Lipinski definition) is 2. The Hall–Kier alpha value is -1.75. The molecule has 1 saturated carbocycles. The molecule has 1 aliphatic carbocycles. The molecule has 0 saturated heterocycles. The highest BCUT2D eigenvalue weighted by atomic mass is 79.9. The molecule has 4 nitrogen and oxygen atoms in total. The largest absolute Gasteiger partial charge is 0.492 e. The van der Waals surface area contributed by atoms with Crippen molar-refractivity contribution in [1.82, 2.24) is 5.32 Å². The Bertz CT molecular complexity index is 668. The second-order valence-corrected chi connectivity index (χ2v) is 6.10. The van der Waals surface area contributed by atoms with Gasteiger partial charge in [0, 0.05) is 10.5 Å². The number of hydrogen-bond acceptors (Lipinski definition) is 2. The first kappa shape index (κ1) is 14.2. The van der Waals surface area contributed by atoms with Crippen molar-refractivity contribution in [2.24, 2.45) is 10.7 Å². The number of fused-ring (bicyclic) bond motifs is 1. The standard InChI is InChI=1S/C16H18BrN3O/c17-13-3-1-12-10-15(6-2-11(12)9-13)21-8-7-19-16(18)20-14-4-5-14/h1-3,6,9-10,14H,4-5,7-8H2,(H3,18,19,20). The van der Waals surface area contributed by atoms with E-state index in [4.69, 9.17) is 10.5 Å². The van der Waals surface area contributed by atoms with Gasteiger partial charge in [-0.25, -0.2) is 4.99 Å². The number of nitrogens with zero attached hydrogens (tertiary/aromatic N) is 1. The molecule has 0 unspecified atom stereocenters. The quantitative estimate of drug-likeness (QED) is 0.496. The molecule has 0 spiro atoms. The number of aliphatic imine (C=N–C) groups is 1. The molecule has 3 rings (SSSR count). The van der Waals surface area contributed by atoms with Crippen LogP contribution in [0.5, 0.6) is 5.75 Å². The summed E-state index contributed by atoms with van der Waals surface area (Å²) >= 11 is 3.47. The van der Waals surface area contributed by atoms with Gasteiger partial charge >= 0.3 is 0 Å². The van der Waals surface area contributed by atoms with Crippen LogP contribution in [0.15, 0.2) is 45.9 Å². The van der Waals surface area contributed by atoms with E-state index in [-0.39, 0.29) is 0 Å². The van der Waals surface area contributed by atoms with Crippen molar-refractivity contribution in [3.8, 4) is 5.75 Å². The molecule has 0 radical (unpaired) electrons. The SMILES string of the molecule is NC(=NCCOc1ccc2cc(Br)ccc2c1)NC1CC1. The van der Waals surface area contributed by atoms with E-state index in [0.717, 1.165) is 15.6 Å². The predicted molar refractivity (Wildman–Crippen MR) is 89.8 cm³/mol. The highest BCUT2D eigenvalue weighted by Gasteiger charge is 2.21. The minimum Gasteiger partial charge on any atom is -0.492 e. The summed E-state index contributed by atoms with van der Waals surface area (Å²) in [4.78, 5) is 4.25. The zero-order chi connectivity index (χ0) is 14.7. The number of halogens is 1. The molecule has 0 aromatic heterocycles. The molecule has 0 amide bonds. The minimum absolute atomic E-state index is 0.518. The second kappa shape index (κ2) is 6.35. The van der Waals surface area contributed by atoms with Crippen LogP contribution in [0.3, 0.4) is 0 Å². The van der Waals surface area contributed by atoms with Crippen LogP contribution in [0.1, 0.15) is 12.8 Å². The lowest BCUT2D eigenvalue weighted by molar-refractivity contribution is 0.329. The molecule has 0 heterocycles. The molecule has 1 fully saturated rings. The third-order valence-electron chi connectivity index (χ3n) is 3.35. The van der Waals surface area contributed by atoms with Gasteiger partial charge in [-0.15, -0.1) is 0 Å². The van der Waals surface area contributed by atoms with E-state index < -0.39 is 0 Å². The Kier molecular flexibility index (Phi) is 4.29. The Balaban J connectivity index is 1.54. The summed E-state index contributed by atoms with van der Waals surface area (Å²) in [5.74, 6) is 1.37. The Labute approximate surface area is 132 Å². The van der Waals surface area contributed by atoms with Crippen LogP contribution in [-0.4, -0.2) is 25.2 Å². The number of guanidine groups is 1. The highest BCUT2D eigenvalue weighted by molar-refractivity contribution is 9.10. The van der Waals surface area contributed by atoms with Gasteiger partial charge in [0.2, 0.25) is 0 Å². The van der Waals surface area contributed by atoms with Crippen LogP contribution in [0.2, 0.25) is 0 Å². The summed E-state index contributed by atoms with van der Waals surface area (Å²) in [7, 11) is 0. The lowest BCUT2D eigenvalue weighted by Crippen LogP contribution is -2.33. The van der Waals surface area contributed by atoms with E-state index in [1.165, 1.54) is 18.2 Å². The third kappa shape index (κ3) is 4.11. The molecule has 2 aromatic rings. The molecular weight excluding hydrogens is 330 g/mol. The van der Waals surface area contributed by atoms with Crippen LogP contribution in [0.4, 0.5) is 0 Å². The van der Waals surface area contributed by atoms with Crippen molar-refractivity contribution >= 4 is 32.7 Å². The van der Waals surface area contributed by atoms with Gasteiger partial charge < -0.3 is 15.8 Å². The number of ether oxygens (including phenoxy) is 1. The van der Waals surface area contributed by atoms with Crippen LogP contribution in [0.25, 0.3) is 10.8 Å². The minimum atomic E-state index is 0.518. The monoisotopic (exact) mass is 347 g/mol. The molecule has 2 aromatic carbocycles. The number of rotatable bonds is 5. The summed E-state index contributed by atoms with van der Waals surface area (Å²) in [5, 5.41) is 5.50. The number of benzene rings is 2. The van der Waals surface area contributed by atoms with E-state index in [9.17, 15) is 0 Å². The van der Waals surface area contributed by atoms with E-state index in [2.05, 4.69) is 44.4 Å². The van der Waals surface area contributed by atoms with Gasteiger partial charge in [-0.05, 0) is 47.9 Å². The molecular formula is C16H18BrN3O. The fraction of sp³-hybridized carbons (Fsp3) is 0.312. The van der Waals surface area contributed by atoms with Gasteiger partial charge in [0.15, 0.2) is 5.96 Å². The predicted octanol–water partition coefficient (Wildman–Crippen LogP) is 3.05. The first-order chi connectivity index (χ1) is 10.2. The van der Waals surface area contributed by atoms with Crippen LogP contribution >= 0.6 is 15.9 Å². The maximum Gasteiger partial charge on any atom is 0.188 e. The van der Waals surface area contributed by atoms with Crippen molar-refractivity contribution in [3.63, 3.8) is 0 Å². The summed E-state index contributed by atoms with van der Waals surface area (Å²) < 4.78 is 6.79. The second-order valence-electron chi connectivity index (χ2n) is 5.19. The fourth-order valence-corrected chi connectivity index (χ4v) is 2.48. The molecule has 5 heteroatoms. The lowest BCUT2D eigenvalue weighted by atomic mass is 10.1. The van der Waals surface area contributed by atoms with Crippen LogP contribution in [-0.2, 0) is 0 Å².